The smallest absolute Gasteiger partial charge is 0.246 e. The molecule has 2 heterocycles. The summed E-state index contributed by atoms with van der Waals surface area (Å²) in [7, 11) is 0. The number of halogens is 3. The van der Waals surface area contributed by atoms with E-state index in [1.165, 1.54) is 13.1 Å². The molecule has 0 bridgehead atoms. The van der Waals surface area contributed by atoms with Crippen LogP contribution in [0.25, 0.3) is 0 Å². The van der Waals surface area contributed by atoms with Crippen LogP contribution in [0.15, 0.2) is 16.7 Å². The van der Waals surface area contributed by atoms with Crippen LogP contribution >= 0.6 is 27.5 Å². The Hall–Kier alpha value is -0.720. The molecule has 0 radical (unpaired) electrons. The molecule has 0 saturated carbocycles. The van der Waals surface area contributed by atoms with Crippen LogP contribution in [-0.4, -0.2) is 30.3 Å². The molecule has 1 aromatic heterocycles. The number of morpholine rings is 1. The summed E-state index contributed by atoms with van der Waals surface area (Å²) in [5.74, 6) is -0.373. The first kappa shape index (κ1) is 13.7. The van der Waals surface area contributed by atoms with E-state index in [1.54, 1.807) is 6.07 Å². The zero-order valence-electron chi connectivity index (χ0n) is 9.54. The molecule has 1 aromatic rings. The van der Waals surface area contributed by atoms with E-state index in [0.717, 1.165) is 0 Å². The number of ether oxygens (including phenoxy) is 1. The van der Waals surface area contributed by atoms with Crippen LogP contribution in [0, 0.1) is 0 Å². The molecule has 98 valence electrons. The van der Waals surface area contributed by atoms with E-state index in [9.17, 15) is 9.18 Å². The number of amides is 1. The lowest BCUT2D eigenvalue weighted by Crippen LogP contribution is -2.59. The minimum Gasteiger partial charge on any atom is -0.369 e. The van der Waals surface area contributed by atoms with Crippen LogP contribution in [0.2, 0.25) is 5.15 Å². The van der Waals surface area contributed by atoms with Crippen LogP contribution in [0.1, 0.15) is 12.5 Å². The maximum atomic E-state index is 14.0. The van der Waals surface area contributed by atoms with Gasteiger partial charge in [0.15, 0.2) is 0 Å². The number of aromatic nitrogens is 1. The summed E-state index contributed by atoms with van der Waals surface area (Å²) >= 11 is 9.26. The molecule has 0 spiro atoms. The second-order valence-corrected chi connectivity index (χ2v) is 5.39. The minimum atomic E-state index is -1.37. The monoisotopic (exact) mass is 336 g/mol. The van der Waals surface area contributed by atoms with E-state index in [-0.39, 0.29) is 24.3 Å². The van der Waals surface area contributed by atoms with E-state index >= 15 is 0 Å². The van der Waals surface area contributed by atoms with Crippen molar-refractivity contribution in [2.24, 2.45) is 0 Å². The lowest BCUT2D eigenvalue weighted by Gasteiger charge is -2.39. The molecule has 2 rings (SSSR count). The SMILES string of the molecule is CC(F)C1(c2cc(Br)cnc2Cl)COCC(=O)N1. The van der Waals surface area contributed by atoms with Crippen LogP contribution < -0.4 is 5.32 Å². The molecule has 1 N–H and O–H groups in total. The summed E-state index contributed by atoms with van der Waals surface area (Å²) in [5.41, 5.74) is -0.884. The summed E-state index contributed by atoms with van der Waals surface area (Å²) in [6.07, 6.45) is 0.142. The van der Waals surface area contributed by atoms with Crippen LogP contribution in [0.5, 0.6) is 0 Å². The van der Waals surface area contributed by atoms with Crippen LogP contribution in [-0.2, 0) is 15.1 Å². The van der Waals surface area contributed by atoms with Crippen molar-refractivity contribution in [2.75, 3.05) is 13.2 Å². The zero-order valence-corrected chi connectivity index (χ0v) is 11.9. The van der Waals surface area contributed by atoms with Gasteiger partial charge in [0.2, 0.25) is 5.91 Å². The van der Waals surface area contributed by atoms with Gasteiger partial charge >= 0.3 is 0 Å². The molecular formula is C11H11BrClFN2O2. The van der Waals surface area contributed by atoms with Gasteiger partial charge in [-0.3, -0.25) is 4.79 Å². The fraction of sp³-hybridized carbons (Fsp3) is 0.455. The largest absolute Gasteiger partial charge is 0.369 e. The molecule has 1 saturated heterocycles. The highest BCUT2D eigenvalue weighted by molar-refractivity contribution is 9.10. The zero-order chi connectivity index (χ0) is 13.3. The predicted molar refractivity (Wildman–Crippen MR) is 68.2 cm³/mol. The summed E-state index contributed by atoms with van der Waals surface area (Å²) in [4.78, 5) is 15.4. The van der Waals surface area contributed by atoms with Crippen LogP contribution in [0.4, 0.5) is 4.39 Å². The highest BCUT2D eigenvalue weighted by Gasteiger charge is 2.45. The number of nitrogens with one attached hydrogen (secondary N) is 1. The fourth-order valence-electron chi connectivity index (χ4n) is 1.93. The standard InChI is InChI=1S/C11H11BrClFN2O2/c1-6(14)11(5-18-4-9(17)16-11)8-2-7(12)3-15-10(8)13/h2-3,6H,4-5H2,1H3,(H,16,17). The third kappa shape index (κ3) is 2.37. The first-order chi connectivity index (χ1) is 8.45. The molecule has 4 nitrogen and oxygen atoms in total. The molecular weight excluding hydrogens is 326 g/mol. The molecule has 2 unspecified atom stereocenters. The Morgan fingerprint density at radius 3 is 3.06 bits per heavy atom. The van der Waals surface area contributed by atoms with Gasteiger partial charge in [-0.1, -0.05) is 11.6 Å². The summed E-state index contributed by atoms with van der Waals surface area (Å²) in [5, 5.41) is 2.78. The first-order valence-electron chi connectivity index (χ1n) is 5.30. The number of rotatable bonds is 2. The maximum absolute atomic E-state index is 14.0. The Labute approximate surface area is 117 Å². The number of hydrogen-bond acceptors (Lipinski definition) is 3. The number of pyridine rings is 1. The maximum Gasteiger partial charge on any atom is 0.246 e. The fourth-order valence-corrected chi connectivity index (χ4v) is 2.54. The molecule has 1 aliphatic rings. The lowest BCUT2D eigenvalue weighted by molar-refractivity contribution is -0.138. The van der Waals surface area contributed by atoms with Gasteiger partial charge in [-0.25, -0.2) is 9.37 Å². The van der Waals surface area contributed by atoms with Crippen molar-refractivity contribution in [1.29, 1.82) is 0 Å². The van der Waals surface area contributed by atoms with Crippen molar-refractivity contribution < 1.29 is 13.9 Å². The molecule has 0 aliphatic carbocycles. The van der Waals surface area contributed by atoms with E-state index in [0.29, 0.717) is 10.0 Å². The number of alkyl halides is 1. The van der Waals surface area contributed by atoms with Crippen LogP contribution in [0.3, 0.4) is 0 Å². The van der Waals surface area contributed by atoms with Gasteiger partial charge in [-0.2, -0.15) is 0 Å². The predicted octanol–water partition coefficient (Wildman–Crippen LogP) is 2.20. The molecule has 18 heavy (non-hydrogen) atoms. The highest BCUT2D eigenvalue weighted by Crippen LogP contribution is 2.35. The topological polar surface area (TPSA) is 51.2 Å². The molecule has 7 heteroatoms. The van der Waals surface area contributed by atoms with Gasteiger partial charge in [0.25, 0.3) is 0 Å². The van der Waals surface area contributed by atoms with Crippen molar-refractivity contribution in [3.05, 3.63) is 27.5 Å². The van der Waals surface area contributed by atoms with Crippen molar-refractivity contribution in [1.82, 2.24) is 10.3 Å². The number of carbonyl (C=O) groups is 1. The van der Waals surface area contributed by atoms with E-state index in [1.807, 2.05) is 0 Å². The van der Waals surface area contributed by atoms with Gasteiger partial charge in [0, 0.05) is 16.2 Å². The van der Waals surface area contributed by atoms with Crippen molar-refractivity contribution in [2.45, 2.75) is 18.6 Å². The quantitative estimate of drug-likeness (QED) is 0.842. The van der Waals surface area contributed by atoms with Crippen molar-refractivity contribution in [3.8, 4) is 0 Å². The number of nitrogens with zero attached hydrogens (tertiary/aromatic N) is 1. The third-order valence-corrected chi connectivity index (χ3v) is 3.63. The molecule has 2 atom stereocenters. The Bertz CT molecular complexity index is 486. The Balaban J connectivity index is 2.53. The Morgan fingerprint density at radius 2 is 2.44 bits per heavy atom. The average molecular weight is 338 g/mol. The number of hydrogen-bond donors (Lipinski definition) is 1. The minimum absolute atomic E-state index is 0.0221. The van der Waals surface area contributed by atoms with Gasteiger partial charge in [-0.15, -0.1) is 0 Å². The Kier molecular flexibility index (Phi) is 3.89. The van der Waals surface area contributed by atoms with E-state index in [4.69, 9.17) is 16.3 Å². The van der Waals surface area contributed by atoms with E-state index < -0.39 is 11.7 Å². The number of carbonyl (C=O) groups excluding carboxylic acids is 1. The van der Waals surface area contributed by atoms with Gasteiger partial charge in [0.05, 0.1) is 6.61 Å². The summed E-state index contributed by atoms with van der Waals surface area (Å²) in [6.45, 7) is 1.30. The normalized spacial score (nSPS) is 25.7. The summed E-state index contributed by atoms with van der Waals surface area (Å²) in [6, 6.07) is 1.64. The van der Waals surface area contributed by atoms with Crippen molar-refractivity contribution >= 4 is 33.4 Å². The third-order valence-electron chi connectivity index (χ3n) is 2.89. The van der Waals surface area contributed by atoms with Gasteiger partial charge in [0.1, 0.15) is 23.5 Å². The summed E-state index contributed by atoms with van der Waals surface area (Å²) < 4.78 is 19.8. The van der Waals surface area contributed by atoms with Gasteiger partial charge < -0.3 is 10.1 Å². The Morgan fingerprint density at radius 1 is 1.72 bits per heavy atom. The second-order valence-electron chi connectivity index (χ2n) is 4.12. The van der Waals surface area contributed by atoms with Gasteiger partial charge in [-0.05, 0) is 28.9 Å². The molecule has 1 amide bonds. The van der Waals surface area contributed by atoms with Crippen molar-refractivity contribution in [3.63, 3.8) is 0 Å². The first-order valence-corrected chi connectivity index (χ1v) is 6.47. The lowest BCUT2D eigenvalue weighted by atomic mass is 9.86. The van der Waals surface area contributed by atoms with E-state index in [2.05, 4.69) is 26.2 Å². The second kappa shape index (κ2) is 5.11. The highest BCUT2D eigenvalue weighted by atomic mass is 79.9. The average Bonchev–Trinajstić information content (AvgIpc) is 2.32. The molecule has 0 aromatic carbocycles. The molecule has 1 fully saturated rings. The molecule has 1 aliphatic heterocycles.